The number of benzene rings is 4. The van der Waals surface area contributed by atoms with E-state index in [0.29, 0.717) is 45.3 Å². The molecule has 1 fully saturated rings. The second-order valence-electron chi connectivity index (χ2n) is 11.8. The minimum absolute atomic E-state index is 0.0266. The molecule has 3 unspecified atom stereocenters. The molecule has 0 aromatic heterocycles. The van der Waals surface area contributed by atoms with Gasteiger partial charge in [-0.2, -0.15) is 0 Å². The Morgan fingerprint density at radius 2 is 1.45 bits per heavy atom. The van der Waals surface area contributed by atoms with Crippen molar-refractivity contribution in [2.75, 3.05) is 26.7 Å². The first-order valence-corrected chi connectivity index (χ1v) is 15.6. The van der Waals surface area contributed by atoms with E-state index < -0.39 is 0 Å². The number of likely N-dealkylation sites (N-methyl/N-ethyl adjacent to an activating group) is 1. The fourth-order valence-electron chi connectivity index (χ4n) is 6.39. The molecular weight excluding hydrogens is 556 g/mol. The van der Waals surface area contributed by atoms with Crippen LogP contribution < -0.4 is 5.32 Å². The molecule has 230 valence electrons. The highest BCUT2D eigenvalue weighted by atomic mass is 19.1. The molecule has 1 N–H and O–H groups in total. The zero-order chi connectivity index (χ0) is 31.1. The van der Waals surface area contributed by atoms with Crippen LogP contribution >= 0.6 is 0 Å². The standard InChI is InChI=1S/C37H41F2N3O2/c1-3-34-25-41(35(36(43)40-2)24-28-9-14-29-6-4-5-7-30(29)23-28)20-21-42(34)37(44)31(22-27-12-18-33(39)19-13-27)15-8-26-10-16-32(38)17-11-26/h4-7,9-14,16-19,23,31,34-35H,3,8,15,20-22,24-25H2,1-2H3,(H,40,43). The van der Waals surface area contributed by atoms with E-state index in [0.717, 1.165) is 28.5 Å². The summed E-state index contributed by atoms with van der Waals surface area (Å²) >= 11 is 0. The monoisotopic (exact) mass is 597 g/mol. The maximum Gasteiger partial charge on any atom is 0.237 e. The first-order valence-electron chi connectivity index (χ1n) is 15.6. The van der Waals surface area contributed by atoms with Crippen LogP contribution in [0.15, 0.2) is 91.0 Å². The predicted octanol–water partition coefficient (Wildman–Crippen LogP) is 6.19. The molecule has 0 saturated carbocycles. The highest BCUT2D eigenvalue weighted by molar-refractivity contribution is 5.84. The van der Waals surface area contributed by atoms with Gasteiger partial charge in [0.25, 0.3) is 0 Å². The molecule has 0 spiro atoms. The molecule has 5 nitrogen and oxygen atoms in total. The highest BCUT2D eigenvalue weighted by Gasteiger charge is 2.37. The first-order chi connectivity index (χ1) is 21.3. The van der Waals surface area contributed by atoms with Gasteiger partial charge in [-0.1, -0.05) is 73.7 Å². The van der Waals surface area contributed by atoms with Crippen molar-refractivity contribution in [3.63, 3.8) is 0 Å². The number of piperazine rings is 1. The third kappa shape index (κ3) is 7.69. The van der Waals surface area contributed by atoms with Crippen molar-refractivity contribution in [2.45, 2.75) is 51.1 Å². The van der Waals surface area contributed by atoms with E-state index in [4.69, 9.17) is 0 Å². The van der Waals surface area contributed by atoms with Crippen LogP contribution in [0.2, 0.25) is 0 Å². The second-order valence-corrected chi connectivity index (χ2v) is 11.8. The number of hydrogen-bond acceptors (Lipinski definition) is 3. The number of nitrogens with zero attached hydrogens (tertiary/aromatic N) is 2. The predicted molar refractivity (Wildman–Crippen MR) is 171 cm³/mol. The maximum atomic E-state index is 14.2. The second kappa shape index (κ2) is 14.6. The van der Waals surface area contributed by atoms with E-state index in [9.17, 15) is 18.4 Å². The van der Waals surface area contributed by atoms with Crippen molar-refractivity contribution >= 4 is 22.6 Å². The zero-order valence-electron chi connectivity index (χ0n) is 25.5. The van der Waals surface area contributed by atoms with Crippen LogP contribution in [-0.4, -0.2) is 60.4 Å². The van der Waals surface area contributed by atoms with Crippen molar-refractivity contribution in [1.82, 2.24) is 15.1 Å². The lowest BCUT2D eigenvalue weighted by molar-refractivity contribution is -0.142. The molecule has 0 bridgehead atoms. The SMILES string of the molecule is CCC1CN(C(Cc2ccc3ccccc3c2)C(=O)NC)CCN1C(=O)C(CCc1ccc(F)cc1)Cc1ccc(F)cc1. The molecule has 1 aliphatic rings. The van der Waals surface area contributed by atoms with Gasteiger partial charge >= 0.3 is 0 Å². The Morgan fingerprint density at radius 1 is 0.818 bits per heavy atom. The lowest BCUT2D eigenvalue weighted by Crippen LogP contribution is -2.61. The number of nitrogens with one attached hydrogen (secondary N) is 1. The smallest absolute Gasteiger partial charge is 0.237 e. The fraction of sp³-hybridized carbons (Fsp3) is 0.351. The summed E-state index contributed by atoms with van der Waals surface area (Å²) in [5.41, 5.74) is 2.98. The summed E-state index contributed by atoms with van der Waals surface area (Å²) in [4.78, 5) is 31.6. The molecule has 0 aliphatic carbocycles. The van der Waals surface area contributed by atoms with E-state index in [-0.39, 0.29) is 41.5 Å². The topological polar surface area (TPSA) is 52.7 Å². The molecule has 5 rings (SSSR count). The molecule has 44 heavy (non-hydrogen) atoms. The van der Waals surface area contributed by atoms with Crippen molar-refractivity contribution < 1.29 is 18.4 Å². The quantitative estimate of drug-likeness (QED) is 0.224. The van der Waals surface area contributed by atoms with Crippen LogP contribution in [0.1, 0.15) is 36.5 Å². The molecule has 1 aliphatic heterocycles. The van der Waals surface area contributed by atoms with E-state index in [1.807, 2.05) is 17.0 Å². The molecule has 1 heterocycles. The average molecular weight is 598 g/mol. The van der Waals surface area contributed by atoms with Gasteiger partial charge in [-0.15, -0.1) is 0 Å². The van der Waals surface area contributed by atoms with Gasteiger partial charge in [0, 0.05) is 38.6 Å². The van der Waals surface area contributed by atoms with Gasteiger partial charge in [-0.3, -0.25) is 14.5 Å². The third-order valence-corrected chi connectivity index (χ3v) is 8.94. The van der Waals surface area contributed by atoms with Crippen molar-refractivity contribution in [1.29, 1.82) is 0 Å². The average Bonchev–Trinajstić information content (AvgIpc) is 3.06. The van der Waals surface area contributed by atoms with Gasteiger partial charge in [-0.05, 0) is 83.8 Å². The summed E-state index contributed by atoms with van der Waals surface area (Å²) in [6, 6.07) is 26.9. The summed E-state index contributed by atoms with van der Waals surface area (Å²) in [5, 5.41) is 5.18. The Morgan fingerprint density at radius 3 is 2.11 bits per heavy atom. The minimum Gasteiger partial charge on any atom is -0.358 e. The van der Waals surface area contributed by atoms with Gasteiger partial charge in [0.15, 0.2) is 0 Å². The number of amides is 2. The molecule has 0 radical (unpaired) electrons. The summed E-state index contributed by atoms with van der Waals surface area (Å²) < 4.78 is 27.1. The molecule has 7 heteroatoms. The lowest BCUT2D eigenvalue weighted by atomic mass is 9.90. The molecular formula is C37H41F2N3O2. The Balaban J connectivity index is 1.32. The number of fused-ring (bicyclic) bond motifs is 1. The maximum absolute atomic E-state index is 14.2. The zero-order valence-corrected chi connectivity index (χ0v) is 25.5. The molecule has 1 saturated heterocycles. The fourth-order valence-corrected chi connectivity index (χ4v) is 6.39. The van der Waals surface area contributed by atoms with Crippen LogP contribution in [0.4, 0.5) is 8.78 Å². The van der Waals surface area contributed by atoms with Crippen molar-refractivity contribution in [3.8, 4) is 0 Å². The van der Waals surface area contributed by atoms with Gasteiger partial charge < -0.3 is 10.2 Å². The molecule has 2 amide bonds. The number of carbonyl (C=O) groups is 2. The Bertz CT molecular complexity index is 1560. The van der Waals surface area contributed by atoms with Crippen LogP contribution in [0.5, 0.6) is 0 Å². The van der Waals surface area contributed by atoms with Crippen molar-refractivity contribution in [2.24, 2.45) is 5.92 Å². The minimum atomic E-state index is -0.346. The number of hydrogen-bond donors (Lipinski definition) is 1. The number of rotatable bonds is 11. The van der Waals surface area contributed by atoms with Gasteiger partial charge in [-0.25, -0.2) is 8.78 Å². The van der Waals surface area contributed by atoms with Gasteiger partial charge in [0.1, 0.15) is 11.6 Å². The normalized spacial score (nSPS) is 16.9. The van der Waals surface area contributed by atoms with Crippen LogP contribution in [0.3, 0.4) is 0 Å². The number of aryl methyl sites for hydroxylation is 1. The Labute approximate surface area is 258 Å². The number of halogens is 2. The summed E-state index contributed by atoms with van der Waals surface area (Å²) in [6.45, 7) is 3.81. The van der Waals surface area contributed by atoms with E-state index in [1.54, 1.807) is 31.3 Å². The van der Waals surface area contributed by atoms with Crippen molar-refractivity contribution in [3.05, 3.63) is 119 Å². The molecule has 4 aromatic rings. The summed E-state index contributed by atoms with van der Waals surface area (Å²) in [7, 11) is 1.67. The Hall–Kier alpha value is -4.10. The third-order valence-electron chi connectivity index (χ3n) is 8.94. The molecule has 4 aromatic carbocycles. The number of carbonyl (C=O) groups excluding carboxylic acids is 2. The molecule has 3 atom stereocenters. The lowest BCUT2D eigenvalue weighted by Gasteiger charge is -2.45. The first kappa shape index (κ1) is 31.3. The largest absolute Gasteiger partial charge is 0.358 e. The van der Waals surface area contributed by atoms with Gasteiger partial charge in [0.05, 0.1) is 6.04 Å². The van der Waals surface area contributed by atoms with E-state index in [2.05, 4.69) is 47.5 Å². The van der Waals surface area contributed by atoms with Crippen LogP contribution in [0, 0.1) is 17.6 Å². The van der Waals surface area contributed by atoms with Gasteiger partial charge in [0.2, 0.25) is 11.8 Å². The van der Waals surface area contributed by atoms with Crippen LogP contribution in [0.25, 0.3) is 10.8 Å². The summed E-state index contributed by atoms with van der Waals surface area (Å²) in [5.74, 6) is -0.847. The highest BCUT2D eigenvalue weighted by Crippen LogP contribution is 2.25. The van der Waals surface area contributed by atoms with Crippen LogP contribution in [-0.2, 0) is 28.9 Å². The Kier molecular flexibility index (Phi) is 10.4. The summed E-state index contributed by atoms with van der Waals surface area (Å²) in [6.07, 6.45) is 3.08. The van der Waals surface area contributed by atoms with E-state index in [1.165, 1.54) is 29.7 Å². The van der Waals surface area contributed by atoms with E-state index >= 15 is 0 Å².